The molecule has 0 saturated carbocycles. The molecule has 1 aliphatic carbocycles. The van der Waals surface area contributed by atoms with Gasteiger partial charge in [-0.25, -0.2) is 4.98 Å². The number of hydrogen-bond acceptors (Lipinski definition) is 4. The fourth-order valence-electron chi connectivity index (χ4n) is 2.82. The van der Waals surface area contributed by atoms with Crippen LogP contribution < -0.4 is 10.9 Å². The Morgan fingerprint density at radius 1 is 1.33 bits per heavy atom. The third kappa shape index (κ3) is 4.54. The quantitative estimate of drug-likeness (QED) is 0.745. The Morgan fingerprint density at radius 3 is 3.00 bits per heavy atom. The van der Waals surface area contributed by atoms with Crippen LogP contribution >= 0.6 is 27.3 Å². The zero-order valence-electron chi connectivity index (χ0n) is 13.4. The van der Waals surface area contributed by atoms with E-state index in [2.05, 4.69) is 21.2 Å². The fraction of sp³-hybridized carbons (Fsp3) is 0.471. The lowest BCUT2D eigenvalue weighted by atomic mass is 10.0. The molecule has 2 aromatic rings. The summed E-state index contributed by atoms with van der Waals surface area (Å²) in [5.74, 6) is -0.145. The number of fused-ring (bicyclic) bond motifs is 1. The molecule has 24 heavy (non-hydrogen) atoms. The Bertz CT molecular complexity index is 761. The van der Waals surface area contributed by atoms with Crippen LogP contribution in [0.1, 0.15) is 34.8 Å². The lowest BCUT2D eigenvalue weighted by molar-refractivity contribution is -0.121. The van der Waals surface area contributed by atoms with Crippen LogP contribution in [-0.4, -0.2) is 22.0 Å². The van der Waals surface area contributed by atoms with Crippen LogP contribution in [0.3, 0.4) is 0 Å². The molecule has 0 atom stereocenters. The van der Waals surface area contributed by atoms with E-state index in [-0.39, 0.29) is 18.0 Å². The molecule has 0 spiro atoms. The second-order valence-electron chi connectivity index (χ2n) is 5.95. The normalized spacial score (nSPS) is 13.5. The number of halogens is 1. The zero-order chi connectivity index (χ0) is 16.9. The number of nitrogens with zero attached hydrogens (tertiary/aromatic N) is 2. The van der Waals surface area contributed by atoms with E-state index in [1.54, 1.807) is 12.3 Å². The van der Waals surface area contributed by atoms with Gasteiger partial charge in [-0.15, -0.1) is 11.3 Å². The third-order valence-electron chi connectivity index (χ3n) is 4.04. The number of aromatic nitrogens is 2. The summed E-state index contributed by atoms with van der Waals surface area (Å²) in [4.78, 5) is 29.8. The molecule has 0 fully saturated rings. The fourth-order valence-corrected chi connectivity index (χ4v) is 4.39. The van der Waals surface area contributed by atoms with Crippen molar-refractivity contribution in [3.8, 4) is 0 Å². The van der Waals surface area contributed by atoms with Crippen molar-refractivity contribution in [1.82, 2.24) is 14.9 Å². The molecule has 5 nitrogen and oxygen atoms in total. The first-order valence-electron chi connectivity index (χ1n) is 8.22. The summed E-state index contributed by atoms with van der Waals surface area (Å²) in [6, 6.07) is 3.12. The number of carbonyl (C=O) groups excluding carboxylic acids is 1. The van der Waals surface area contributed by atoms with Crippen LogP contribution in [0.2, 0.25) is 0 Å². The first kappa shape index (κ1) is 17.4. The molecule has 2 heterocycles. The van der Waals surface area contributed by atoms with E-state index in [1.165, 1.54) is 45.5 Å². The average molecular weight is 410 g/mol. The van der Waals surface area contributed by atoms with Gasteiger partial charge in [0.05, 0.1) is 10.7 Å². The molecule has 1 amide bonds. The minimum atomic E-state index is -0.179. The summed E-state index contributed by atoms with van der Waals surface area (Å²) >= 11 is 5.13. The molecule has 2 aromatic heterocycles. The van der Waals surface area contributed by atoms with E-state index in [4.69, 9.17) is 4.98 Å². The van der Waals surface area contributed by atoms with Crippen molar-refractivity contribution in [2.45, 2.75) is 45.1 Å². The highest BCUT2D eigenvalue weighted by Gasteiger charge is 2.14. The van der Waals surface area contributed by atoms with Gasteiger partial charge in [0.25, 0.3) is 5.56 Å². The minimum absolute atomic E-state index is 0.0455. The molecular formula is C17H20BrN3O2S. The molecule has 0 unspecified atom stereocenters. The molecular weight excluding hydrogens is 390 g/mol. The highest BCUT2D eigenvalue weighted by Crippen LogP contribution is 2.27. The number of nitrogens with one attached hydrogen (secondary N) is 1. The van der Waals surface area contributed by atoms with Crippen LogP contribution in [0.25, 0.3) is 0 Å². The van der Waals surface area contributed by atoms with E-state index < -0.39 is 0 Å². The van der Waals surface area contributed by atoms with E-state index >= 15 is 0 Å². The van der Waals surface area contributed by atoms with Gasteiger partial charge in [0.1, 0.15) is 6.54 Å². The third-order valence-corrected chi connectivity index (χ3v) is 5.73. The summed E-state index contributed by atoms with van der Waals surface area (Å²) < 4.78 is 2.18. The molecule has 128 valence electrons. The molecule has 1 N–H and O–H groups in total. The SMILES string of the molecule is O=C(Cn1cc(Br)ccc1=O)NCCCc1nc2c(s1)CCCC2. The van der Waals surface area contributed by atoms with Gasteiger partial charge < -0.3 is 9.88 Å². The number of aryl methyl sites for hydroxylation is 3. The summed E-state index contributed by atoms with van der Waals surface area (Å²) in [7, 11) is 0. The maximum absolute atomic E-state index is 11.9. The highest BCUT2D eigenvalue weighted by molar-refractivity contribution is 9.10. The number of pyridine rings is 1. The molecule has 0 bridgehead atoms. The maximum Gasteiger partial charge on any atom is 0.251 e. The summed E-state index contributed by atoms with van der Waals surface area (Å²) in [5, 5.41) is 4.05. The van der Waals surface area contributed by atoms with E-state index in [9.17, 15) is 9.59 Å². The first-order valence-corrected chi connectivity index (χ1v) is 9.83. The second kappa shape index (κ2) is 8.07. The van der Waals surface area contributed by atoms with Crippen LogP contribution in [-0.2, 0) is 30.6 Å². The predicted octanol–water partition coefficient (Wildman–Crippen LogP) is 2.70. The second-order valence-corrected chi connectivity index (χ2v) is 8.04. The number of rotatable bonds is 6. The van der Waals surface area contributed by atoms with E-state index in [0.717, 1.165) is 23.7 Å². The van der Waals surface area contributed by atoms with Crippen molar-refractivity contribution in [1.29, 1.82) is 0 Å². The molecule has 7 heteroatoms. The van der Waals surface area contributed by atoms with Crippen molar-refractivity contribution in [3.05, 3.63) is 48.7 Å². The van der Waals surface area contributed by atoms with Gasteiger partial charge in [0, 0.05) is 34.6 Å². The monoisotopic (exact) mass is 409 g/mol. The number of thiazole rings is 1. The van der Waals surface area contributed by atoms with Gasteiger partial charge in [-0.2, -0.15) is 0 Å². The van der Waals surface area contributed by atoms with Crippen molar-refractivity contribution < 1.29 is 4.79 Å². The standard InChI is InChI=1S/C17H20BrN3O2S/c18-12-7-8-17(23)21(10-12)11-15(22)19-9-3-6-16-20-13-4-1-2-5-14(13)24-16/h7-8,10H,1-6,9,11H2,(H,19,22). The van der Waals surface area contributed by atoms with Crippen LogP contribution in [0.4, 0.5) is 0 Å². The minimum Gasteiger partial charge on any atom is -0.355 e. The Morgan fingerprint density at radius 2 is 2.17 bits per heavy atom. The summed E-state index contributed by atoms with van der Waals surface area (Å²) in [6.07, 6.45) is 8.21. The molecule has 0 aliphatic heterocycles. The Hall–Kier alpha value is -1.47. The number of hydrogen-bond donors (Lipinski definition) is 1. The number of amides is 1. The van der Waals surface area contributed by atoms with Gasteiger partial charge >= 0.3 is 0 Å². The van der Waals surface area contributed by atoms with Gasteiger partial charge in [-0.1, -0.05) is 0 Å². The van der Waals surface area contributed by atoms with Crippen molar-refractivity contribution in [2.24, 2.45) is 0 Å². The Kier molecular flexibility index (Phi) is 5.84. The molecule has 1 aliphatic rings. The maximum atomic E-state index is 11.9. The van der Waals surface area contributed by atoms with Gasteiger partial charge in [0.15, 0.2) is 0 Å². The van der Waals surface area contributed by atoms with Crippen LogP contribution in [0.15, 0.2) is 27.6 Å². The molecule has 0 aromatic carbocycles. The molecule has 0 saturated heterocycles. The molecule has 0 radical (unpaired) electrons. The Balaban J connectivity index is 1.43. The van der Waals surface area contributed by atoms with Gasteiger partial charge in [-0.3, -0.25) is 9.59 Å². The van der Waals surface area contributed by atoms with Crippen molar-refractivity contribution in [2.75, 3.05) is 6.54 Å². The van der Waals surface area contributed by atoms with Crippen LogP contribution in [0.5, 0.6) is 0 Å². The smallest absolute Gasteiger partial charge is 0.251 e. The predicted molar refractivity (Wildman–Crippen MR) is 98.5 cm³/mol. The van der Waals surface area contributed by atoms with E-state index in [1.807, 2.05) is 11.3 Å². The summed E-state index contributed by atoms with van der Waals surface area (Å²) in [5.41, 5.74) is 1.11. The highest BCUT2D eigenvalue weighted by atomic mass is 79.9. The largest absolute Gasteiger partial charge is 0.355 e. The van der Waals surface area contributed by atoms with Crippen molar-refractivity contribution >= 4 is 33.2 Å². The van der Waals surface area contributed by atoms with Crippen molar-refractivity contribution in [3.63, 3.8) is 0 Å². The average Bonchev–Trinajstić information content (AvgIpc) is 2.98. The van der Waals surface area contributed by atoms with E-state index in [0.29, 0.717) is 6.54 Å². The zero-order valence-corrected chi connectivity index (χ0v) is 15.8. The Labute approximate surface area is 153 Å². The van der Waals surface area contributed by atoms with Crippen LogP contribution in [0, 0.1) is 0 Å². The topological polar surface area (TPSA) is 64.0 Å². The summed E-state index contributed by atoms with van der Waals surface area (Å²) in [6.45, 7) is 0.648. The van der Waals surface area contributed by atoms with Gasteiger partial charge in [-0.05, 0) is 54.1 Å². The number of carbonyl (C=O) groups is 1. The first-order chi connectivity index (χ1) is 11.6. The molecule has 3 rings (SSSR count). The lowest BCUT2D eigenvalue weighted by Crippen LogP contribution is -2.32. The lowest BCUT2D eigenvalue weighted by Gasteiger charge is -2.07. The van der Waals surface area contributed by atoms with Gasteiger partial charge in [0.2, 0.25) is 5.91 Å².